The molecule has 0 unspecified atom stereocenters. The van der Waals surface area contributed by atoms with Crippen molar-refractivity contribution >= 4 is 17.6 Å². The number of fused-ring (bicyclic) bond motifs is 1. The summed E-state index contributed by atoms with van der Waals surface area (Å²) in [5.74, 6) is 0.840. The molecule has 0 saturated carbocycles. The molecule has 1 aliphatic carbocycles. The molecule has 0 fully saturated rings. The van der Waals surface area contributed by atoms with Crippen LogP contribution in [0.1, 0.15) is 31.0 Å². The lowest BCUT2D eigenvalue weighted by molar-refractivity contribution is 0.830. The van der Waals surface area contributed by atoms with Crippen LogP contribution in [0.5, 0.6) is 0 Å². The summed E-state index contributed by atoms with van der Waals surface area (Å²) in [6, 6.07) is 0. The van der Waals surface area contributed by atoms with Crippen molar-refractivity contribution in [1.82, 2.24) is 9.97 Å². The van der Waals surface area contributed by atoms with Crippen molar-refractivity contribution < 1.29 is 0 Å². The third kappa shape index (κ3) is 1.88. The topological polar surface area (TPSA) is 61.7 Å². The van der Waals surface area contributed by atoms with Gasteiger partial charge in [-0.15, -0.1) is 0 Å². The third-order valence-electron chi connectivity index (χ3n) is 2.38. The Kier molecular flexibility index (Phi) is 2.76. The van der Waals surface area contributed by atoms with E-state index in [9.17, 15) is 0 Å². The highest BCUT2D eigenvalue weighted by Gasteiger charge is 2.15. The lowest BCUT2D eigenvalue weighted by Crippen LogP contribution is -2.07. The number of unbranched alkanes of at least 4 members (excludes halogenated alkanes) is 1. The molecule has 0 saturated heterocycles. The minimum absolute atomic E-state index is 0.464. The van der Waals surface area contributed by atoms with Crippen LogP contribution in [0, 0.1) is 5.41 Å². The quantitative estimate of drug-likeness (QED) is 0.735. The van der Waals surface area contributed by atoms with Crippen LogP contribution in [0.3, 0.4) is 0 Å². The second-order valence-corrected chi connectivity index (χ2v) is 3.51. The first-order valence-electron chi connectivity index (χ1n) is 5.18. The minimum atomic E-state index is 0.464. The number of aromatic nitrogens is 2. The first-order chi connectivity index (χ1) is 7.33. The third-order valence-corrected chi connectivity index (χ3v) is 2.38. The predicted molar refractivity (Wildman–Crippen MR) is 61.3 cm³/mol. The minimum Gasteiger partial charge on any atom is -0.369 e. The number of hydrogen-bond donors (Lipinski definition) is 2. The van der Waals surface area contributed by atoms with Crippen LogP contribution in [0.4, 0.5) is 5.82 Å². The molecule has 0 aliphatic heterocycles. The van der Waals surface area contributed by atoms with Crippen LogP contribution in [0.25, 0.3) is 6.08 Å². The van der Waals surface area contributed by atoms with Crippen LogP contribution >= 0.6 is 0 Å². The Morgan fingerprint density at radius 1 is 1.33 bits per heavy atom. The van der Waals surface area contributed by atoms with Gasteiger partial charge in [0.05, 0.1) is 5.71 Å². The van der Waals surface area contributed by atoms with Crippen LogP contribution in [0.2, 0.25) is 0 Å². The highest BCUT2D eigenvalue weighted by atomic mass is 15.0. The number of rotatable bonds is 4. The van der Waals surface area contributed by atoms with Crippen molar-refractivity contribution in [3.8, 4) is 0 Å². The molecule has 2 N–H and O–H groups in total. The van der Waals surface area contributed by atoms with E-state index in [2.05, 4.69) is 22.2 Å². The molecule has 0 aromatic carbocycles. The highest BCUT2D eigenvalue weighted by Crippen LogP contribution is 2.22. The summed E-state index contributed by atoms with van der Waals surface area (Å²) in [5, 5.41) is 10.9. The van der Waals surface area contributed by atoms with Gasteiger partial charge >= 0.3 is 0 Å². The normalized spacial score (nSPS) is 13.0. The first-order valence-corrected chi connectivity index (χ1v) is 5.18. The van der Waals surface area contributed by atoms with Crippen molar-refractivity contribution in [3.63, 3.8) is 0 Å². The molecule has 0 bridgehead atoms. The number of anilines is 1. The summed E-state index contributed by atoms with van der Waals surface area (Å²) in [6.07, 6.45) is 7.44. The van der Waals surface area contributed by atoms with Gasteiger partial charge in [-0.25, -0.2) is 9.97 Å². The molecule has 2 rings (SSSR count). The summed E-state index contributed by atoms with van der Waals surface area (Å²) >= 11 is 0. The average molecular weight is 202 g/mol. The maximum absolute atomic E-state index is 7.64. The Bertz CT molecular complexity index is 409. The SMILES string of the molecule is CCCCNc1ncnc2c1C=CC2=N. The maximum Gasteiger partial charge on any atom is 0.137 e. The molecule has 0 radical (unpaired) electrons. The summed E-state index contributed by atoms with van der Waals surface area (Å²) in [4.78, 5) is 8.28. The number of nitrogens with zero attached hydrogens (tertiary/aromatic N) is 2. The van der Waals surface area contributed by atoms with Gasteiger partial charge in [0.1, 0.15) is 17.8 Å². The summed E-state index contributed by atoms with van der Waals surface area (Å²) in [6.45, 7) is 3.07. The van der Waals surface area contributed by atoms with Crippen LogP contribution in [-0.2, 0) is 0 Å². The van der Waals surface area contributed by atoms with Crippen LogP contribution in [0.15, 0.2) is 12.4 Å². The molecule has 1 aliphatic rings. The Morgan fingerprint density at radius 2 is 2.20 bits per heavy atom. The van der Waals surface area contributed by atoms with E-state index in [-0.39, 0.29) is 0 Å². The number of nitrogens with one attached hydrogen (secondary N) is 2. The Hall–Kier alpha value is -1.71. The lowest BCUT2D eigenvalue weighted by Gasteiger charge is -2.07. The summed E-state index contributed by atoms with van der Waals surface area (Å²) in [5.41, 5.74) is 2.13. The first kappa shape index (κ1) is 9.83. The molecule has 15 heavy (non-hydrogen) atoms. The van der Waals surface area contributed by atoms with E-state index >= 15 is 0 Å². The van der Waals surface area contributed by atoms with E-state index in [1.807, 2.05) is 6.08 Å². The molecule has 0 atom stereocenters. The highest BCUT2D eigenvalue weighted by molar-refractivity contribution is 6.15. The van der Waals surface area contributed by atoms with Gasteiger partial charge in [0, 0.05) is 12.1 Å². The molecule has 1 aromatic heterocycles. The smallest absolute Gasteiger partial charge is 0.137 e. The Morgan fingerprint density at radius 3 is 3.00 bits per heavy atom. The van der Waals surface area contributed by atoms with E-state index in [0.717, 1.165) is 36.5 Å². The fourth-order valence-electron chi connectivity index (χ4n) is 1.54. The second-order valence-electron chi connectivity index (χ2n) is 3.51. The molecular weight excluding hydrogens is 188 g/mol. The standard InChI is InChI=1S/C11H14N4/c1-2-3-6-13-11-8-4-5-9(12)10(8)14-7-15-11/h4-5,7,12H,2-3,6H2,1H3,(H,13,14,15). The van der Waals surface area contributed by atoms with E-state index in [4.69, 9.17) is 5.41 Å². The molecule has 4 heteroatoms. The zero-order valence-corrected chi connectivity index (χ0v) is 8.75. The van der Waals surface area contributed by atoms with Gasteiger partial charge in [-0.3, -0.25) is 5.41 Å². The fourth-order valence-corrected chi connectivity index (χ4v) is 1.54. The van der Waals surface area contributed by atoms with E-state index in [1.54, 1.807) is 6.08 Å². The zero-order chi connectivity index (χ0) is 10.7. The molecule has 78 valence electrons. The van der Waals surface area contributed by atoms with Crippen molar-refractivity contribution in [3.05, 3.63) is 23.7 Å². The zero-order valence-electron chi connectivity index (χ0n) is 8.75. The summed E-state index contributed by atoms with van der Waals surface area (Å²) in [7, 11) is 0. The van der Waals surface area contributed by atoms with Gasteiger partial charge in [-0.1, -0.05) is 13.3 Å². The van der Waals surface area contributed by atoms with Crippen LogP contribution in [-0.4, -0.2) is 22.2 Å². The number of allylic oxidation sites excluding steroid dienone is 1. The van der Waals surface area contributed by atoms with E-state index < -0.39 is 0 Å². The van der Waals surface area contributed by atoms with Crippen LogP contribution < -0.4 is 5.32 Å². The van der Waals surface area contributed by atoms with Gasteiger partial charge in [-0.05, 0) is 18.6 Å². The average Bonchev–Trinajstić information content (AvgIpc) is 2.62. The predicted octanol–water partition coefficient (Wildman–Crippen LogP) is 2.08. The van der Waals surface area contributed by atoms with Crippen molar-refractivity contribution in [2.24, 2.45) is 0 Å². The maximum atomic E-state index is 7.64. The van der Waals surface area contributed by atoms with Gasteiger partial charge in [0.25, 0.3) is 0 Å². The van der Waals surface area contributed by atoms with Gasteiger partial charge in [0.2, 0.25) is 0 Å². The Balaban J connectivity index is 2.19. The largest absolute Gasteiger partial charge is 0.369 e. The lowest BCUT2D eigenvalue weighted by atomic mass is 10.2. The van der Waals surface area contributed by atoms with Crippen molar-refractivity contribution in [2.75, 3.05) is 11.9 Å². The number of hydrogen-bond acceptors (Lipinski definition) is 4. The van der Waals surface area contributed by atoms with E-state index in [0.29, 0.717) is 5.71 Å². The van der Waals surface area contributed by atoms with Crippen molar-refractivity contribution in [1.29, 1.82) is 5.41 Å². The second kappa shape index (κ2) is 4.21. The summed E-state index contributed by atoms with van der Waals surface area (Å²) < 4.78 is 0. The fraction of sp³-hybridized carbons (Fsp3) is 0.364. The molecule has 4 nitrogen and oxygen atoms in total. The molecule has 0 spiro atoms. The molecular formula is C11H14N4. The van der Waals surface area contributed by atoms with Gasteiger partial charge in [0.15, 0.2) is 0 Å². The molecule has 1 heterocycles. The molecule has 1 aromatic rings. The van der Waals surface area contributed by atoms with Gasteiger partial charge in [-0.2, -0.15) is 0 Å². The van der Waals surface area contributed by atoms with Crippen molar-refractivity contribution in [2.45, 2.75) is 19.8 Å². The monoisotopic (exact) mass is 202 g/mol. The van der Waals surface area contributed by atoms with Gasteiger partial charge < -0.3 is 5.32 Å². The molecule has 0 amide bonds. The Labute approximate surface area is 89.0 Å². The van der Waals surface area contributed by atoms with E-state index in [1.165, 1.54) is 6.33 Å².